The molecule has 0 fully saturated rings. The first-order valence-corrected chi connectivity index (χ1v) is 4.73. The summed E-state index contributed by atoms with van der Waals surface area (Å²) >= 11 is 0. The van der Waals surface area contributed by atoms with Crippen LogP contribution in [-0.2, 0) is 6.42 Å². The molecule has 0 radical (unpaired) electrons. The van der Waals surface area contributed by atoms with E-state index in [0.717, 1.165) is 4.73 Å². The summed E-state index contributed by atoms with van der Waals surface area (Å²) in [6.45, 7) is 0.923. The van der Waals surface area contributed by atoms with Gasteiger partial charge in [-0.25, -0.2) is 0 Å². The maximum Gasteiger partial charge on any atom is 0.471 e. The quantitative estimate of drug-likeness (QED) is 0.486. The molecule has 0 saturated heterocycles. The molecule has 0 bridgehead atoms. The fraction of sp³-hybridized carbons (Fsp3) is 0.625. The third-order valence-corrected chi connectivity index (χ3v) is 1.90. The maximum absolute atomic E-state index is 10.6. The van der Waals surface area contributed by atoms with Crippen molar-refractivity contribution in [2.75, 3.05) is 13.2 Å². The van der Waals surface area contributed by atoms with E-state index in [4.69, 9.17) is 15.1 Å². The number of aliphatic hydroxyl groups is 2. The predicted molar refractivity (Wildman–Crippen MR) is 52.8 cm³/mol. The fourth-order valence-corrected chi connectivity index (χ4v) is 1.05. The number of nitrogens with zero attached hydrogens (tertiary/aromatic N) is 3. The van der Waals surface area contributed by atoms with E-state index in [9.17, 15) is 10.1 Å². The normalized spacial score (nSPS) is 10.8. The smallest absolute Gasteiger partial charge is 0.392 e. The first-order chi connectivity index (χ1) is 7.62. The molecule has 0 aliphatic carbocycles. The second-order valence-electron chi connectivity index (χ2n) is 3.06. The lowest BCUT2D eigenvalue weighted by Crippen LogP contribution is -2.32. The maximum atomic E-state index is 10.6. The van der Waals surface area contributed by atoms with Crippen molar-refractivity contribution in [3.05, 3.63) is 22.0 Å². The van der Waals surface area contributed by atoms with Crippen LogP contribution in [0.3, 0.4) is 0 Å². The fourth-order valence-electron chi connectivity index (χ4n) is 1.05. The molecule has 1 aromatic rings. The zero-order valence-electron chi connectivity index (χ0n) is 8.74. The minimum Gasteiger partial charge on any atom is -0.392 e. The highest BCUT2D eigenvalue weighted by Crippen LogP contribution is 2.11. The number of aromatic nitrogens is 2. The molecule has 0 spiro atoms. The van der Waals surface area contributed by atoms with Crippen molar-refractivity contribution in [3.63, 3.8) is 0 Å². The Morgan fingerprint density at radius 2 is 2.25 bits per heavy atom. The summed E-state index contributed by atoms with van der Waals surface area (Å²) in [5, 5.41) is 28.2. The molecule has 0 aliphatic heterocycles. The number of hydrogen-bond acceptors (Lipinski definition) is 6. The highest BCUT2D eigenvalue weighted by Gasteiger charge is 2.22. The molecule has 8 heteroatoms. The predicted octanol–water partition coefficient (Wildman–Crippen LogP) is -0.864. The van der Waals surface area contributed by atoms with Crippen LogP contribution in [0.5, 0.6) is 0 Å². The summed E-state index contributed by atoms with van der Waals surface area (Å²) in [6.07, 6.45) is 0.980. The molecule has 0 aliphatic rings. The topological polar surface area (TPSA) is 111 Å². The summed E-state index contributed by atoms with van der Waals surface area (Å²) in [5.41, 5.74) is 0.501. The van der Waals surface area contributed by atoms with E-state index in [1.165, 1.54) is 6.20 Å². The number of hydrogen-bond donors (Lipinski definition) is 2. The zero-order chi connectivity index (χ0) is 12.1. The summed E-state index contributed by atoms with van der Waals surface area (Å²) in [7, 11) is 0. The minimum atomic E-state index is -0.905. The number of aryl methyl sites for hydroxylation is 1. The first-order valence-electron chi connectivity index (χ1n) is 4.73. The third kappa shape index (κ3) is 2.67. The summed E-state index contributed by atoms with van der Waals surface area (Å²) in [5.74, 6) is -0.469. The molecule has 0 atom stereocenters. The molecule has 2 N–H and O–H groups in total. The van der Waals surface area contributed by atoms with Crippen LogP contribution >= 0.6 is 0 Å². The second-order valence-corrected chi connectivity index (χ2v) is 3.06. The van der Waals surface area contributed by atoms with Crippen LogP contribution in [0.1, 0.15) is 12.6 Å². The van der Waals surface area contributed by atoms with Gasteiger partial charge in [0.1, 0.15) is 6.20 Å². The van der Waals surface area contributed by atoms with Crippen LogP contribution in [-0.4, -0.2) is 44.2 Å². The van der Waals surface area contributed by atoms with Crippen molar-refractivity contribution in [3.8, 4) is 0 Å². The van der Waals surface area contributed by atoms with E-state index in [1.807, 2.05) is 0 Å². The van der Waals surface area contributed by atoms with Crippen LogP contribution in [0.25, 0.3) is 0 Å². The van der Waals surface area contributed by atoms with Gasteiger partial charge in [0.05, 0.1) is 13.2 Å². The van der Waals surface area contributed by atoms with Gasteiger partial charge in [-0.3, -0.25) is 0 Å². The standard InChI is InChI=1S/C8H13N3O5/c1-2-6-3-10(8(9-6)11(14)15)16-7(4-12)5-13/h3,7,12-13H,2,4-5H2,1H3. The monoisotopic (exact) mass is 231 g/mol. The van der Waals surface area contributed by atoms with Gasteiger partial charge in [-0.15, -0.1) is 0 Å². The number of imidazole rings is 1. The molecular formula is C8H13N3O5. The van der Waals surface area contributed by atoms with Crippen molar-refractivity contribution in [1.29, 1.82) is 0 Å². The second kappa shape index (κ2) is 5.42. The Morgan fingerprint density at radius 1 is 1.62 bits per heavy atom. The Kier molecular flexibility index (Phi) is 4.20. The van der Waals surface area contributed by atoms with E-state index in [-0.39, 0.29) is 0 Å². The van der Waals surface area contributed by atoms with Crippen molar-refractivity contribution >= 4 is 5.95 Å². The third-order valence-electron chi connectivity index (χ3n) is 1.90. The van der Waals surface area contributed by atoms with Crippen molar-refractivity contribution in [1.82, 2.24) is 9.71 Å². The lowest BCUT2D eigenvalue weighted by atomic mass is 10.4. The summed E-state index contributed by atoms with van der Waals surface area (Å²) in [6, 6.07) is 0. The highest BCUT2D eigenvalue weighted by molar-refractivity contribution is 5.12. The lowest BCUT2D eigenvalue weighted by Gasteiger charge is -2.10. The van der Waals surface area contributed by atoms with Crippen molar-refractivity contribution in [2.24, 2.45) is 0 Å². The molecule has 16 heavy (non-hydrogen) atoms. The van der Waals surface area contributed by atoms with E-state index in [1.54, 1.807) is 6.92 Å². The molecule has 0 amide bonds. The SMILES string of the molecule is CCc1cn(OC(CO)CO)c([N+](=O)[O-])n1. The van der Waals surface area contributed by atoms with Crippen LogP contribution in [0, 0.1) is 10.1 Å². The van der Waals surface area contributed by atoms with Gasteiger partial charge in [0, 0.05) is 6.42 Å². The van der Waals surface area contributed by atoms with E-state index >= 15 is 0 Å². The number of rotatable bonds is 6. The molecule has 0 unspecified atom stereocenters. The van der Waals surface area contributed by atoms with Gasteiger partial charge in [0.2, 0.25) is 0 Å². The minimum absolute atomic E-state index is 0.437. The Bertz CT molecular complexity index is 361. The van der Waals surface area contributed by atoms with Gasteiger partial charge >= 0.3 is 5.95 Å². The molecule has 8 nitrogen and oxygen atoms in total. The van der Waals surface area contributed by atoms with E-state index in [2.05, 4.69) is 4.98 Å². The van der Waals surface area contributed by atoms with Gasteiger partial charge in [-0.1, -0.05) is 16.6 Å². The largest absolute Gasteiger partial charge is 0.471 e. The molecule has 1 rings (SSSR count). The molecule has 1 heterocycles. The number of aliphatic hydroxyl groups excluding tert-OH is 2. The lowest BCUT2D eigenvalue weighted by molar-refractivity contribution is -0.402. The number of nitro groups is 1. The average Bonchev–Trinajstić information content (AvgIpc) is 2.69. The Hall–Kier alpha value is -1.67. The molecule has 1 aromatic heterocycles. The van der Waals surface area contributed by atoms with E-state index < -0.39 is 30.2 Å². The van der Waals surface area contributed by atoms with Crippen molar-refractivity contribution in [2.45, 2.75) is 19.4 Å². The Balaban J connectivity index is 2.92. The summed E-state index contributed by atoms with van der Waals surface area (Å²) in [4.78, 5) is 18.7. The Morgan fingerprint density at radius 3 is 2.69 bits per heavy atom. The van der Waals surface area contributed by atoms with Crippen LogP contribution in [0.4, 0.5) is 5.95 Å². The molecule has 0 saturated carbocycles. The van der Waals surface area contributed by atoms with Gasteiger partial charge < -0.3 is 25.2 Å². The van der Waals surface area contributed by atoms with Gasteiger partial charge in [-0.05, 0) is 4.92 Å². The molecule has 0 aromatic carbocycles. The van der Waals surface area contributed by atoms with Crippen LogP contribution in [0.2, 0.25) is 0 Å². The highest BCUT2D eigenvalue weighted by atomic mass is 16.7. The zero-order valence-corrected chi connectivity index (χ0v) is 8.74. The molecule has 90 valence electrons. The van der Waals surface area contributed by atoms with Crippen LogP contribution in [0.15, 0.2) is 6.20 Å². The first kappa shape index (κ1) is 12.4. The Labute approximate surface area is 91.2 Å². The van der Waals surface area contributed by atoms with Gasteiger partial charge in [0.25, 0.3) is 0 Å². The molecular weight excluding hydrogens is 218 g/mol. The average molecular weight is 231 g/mol. The van der Waals surface area contributed by atoms with Crippen molar-refractivity contribution < 1.29 is 20.0 Å². The van der Waals surface area contributed by atoms with E-state index in [0.29, 0.717) is 12.1 Å². The van der Waals surface area contributed by atoms with Crippen LogP contribution < -0.4 is 4.84 Å². The van der Waals surface area contributed by atoms with Gasteiger partial charge in [-0.2, -0.15) is 0 Å². The summed E-state index contributed by atoms with van der Waals surface area (Å²) < 4.78 is 0.857. The van der Waals surface area contributed by atoms with Gasteiger partial charge in [0.15, 0.2) is 11.8 Å².